The number of aliphatic hydroxyl groups is 2. The van der Waals surface area contributed by atoms with Gasteiger partial charge in [-0.15, -0.1) is 0 Å². The van der Waals surface area contributed by atoms with E-state index in [0.717, 1.165) is 19.1 Å². The van der Waals surface area contributed by atoms with E-state index in [-0.39, 0.29) is 0 Å². The molecule has 0 rings (SSSR count). The van der Waals surface area contributed by atoms with E-state index in [0.29, 0.717) is 13.0 Å². The van der Waals surface area contributed by atoms with Crippen molar-refractivity contribution >= 4 is 6.29 Å². The van der Waals surface area contributed by atoms with Crippen LogP contribution in [0.1, 0.15) is 33.1 Å². The zero-order valence-corrected chi connectivity index (χ0v) is 8.31. The Bertz CT molecular complexity index is 129. The highest BCUT2D eigenvalue weighted by atomic mass is 16.3. The lowest BCUT2D eigenvalue weighted by Crippen LogP contribution is -2.40. The molecular weight excluding hydrogens is 170 g/mol. The number of carbonyl (C=O) groups excluding carboxylic acids is 1. The van der Waals surface area contributed by atoms with Gasteiger partial charge in [-0.3, -0.25) is 4.90 Å². The monoisotopic (exact) mass is 189 g/mol. The summed E-state index contributed by atoms with van der Waals surface area (Å²) < 4.78 is 0. The summed E-state index contributed by atoms with van der Waals surface area (Å²) in [5.41, 5.74) is 0. The second-order valence-electron chi connectivity index (χ2n) is 3.16. The van der Waals surface area contributed by atoms with E-state index in [2.05, 4.69) is 0 Å². The topological polar surface area (TPSA) is 60.8 Å². The van der Waals surface area contributed by atoms with Crippen molar-refractivity contribution < 1.29 is 15.0 Å². The molecule has 2 atom stereocenters. The molecule has 0 aromatic carbocycles. The average molecular weight is 189 g/mol. The molecule has 0 fully saturated rings. The summed E-state index contributed by atoms with van der Waals surface area (Å²) in [6.45, 7) is 3.85. The van der Waals surface area contributed by atoms with Crippen LogP contribution in [0.25, 0.3) is 0 Å². The number of carbonyl (C=O) groups is 1. The summed E-state index contributed by atoms with van der Waals surface area (Å²) >= 11 is 0. The predicted molar refractivity (Wildman–Crippen MR) is 50.0 cm³/mol. The lowest BCUT2D eigenvalue weighted by molar-refractivity contribution is -0.108. The quantitative estimate of drug-likeness (QED) is 0.344. The maximum absolute atomic E-state index is 10.0. The first-order valence-corrected chi connectivity index (χ1v) is 4.65. The van der Waals surface area contributed by atoms with Gasteiger partial charge in [0.2, 0.25) is 0 Å². The predicted octanol–water partition coefficient (Wildman–Crippen LogP) is 0.334. The van der Waals surface area contributed by atoms with Gasteiger partial charge in [-0.25, -0.2) is 0 Å². The van der Waals surface area contributed by atoms with Gasteiger partial charge in [-0.05, 0) is 26.7 Å². The summed E-state index contributed by atoms with van der Waals surface area (Å²) in [6.07, 6.45) is 1.77. The molecule has 0 aromatic rings. The lowest BCUT2D eigenvalue weighted by atomic mass is 10.2. The van der Waals surface area contributed by atoms with Crippen molar-refractivity contribution in [1.82, 2.24) is 4.90 Å². The Morgan fingerprint density at radius 1 is 1.23 bits per heavy atom. The van der Waals surface area contributed by atoms with Crippen LogP contribution < -0.4 is 0 Å². The second kappa shape index (κ2) is 7.00. The van der Waals surface area contributed by atoms with Crippen molar-refractivity contribution in [1.29, 1.82) is 0 Å². The van der Waals surface area contributed by atoms with Crippen LogP contribution >= 0.6 is 0 Å². The maximum atomic E-state index is 10.0. The highest BCUT2D eigenvalue weighted by Crippen LogP contribution is 2.04. The zero-order valence-electron chi connectivity index (χ0n) is 8.31. The summed E-state index contributed by atoms with van der Waals surface area (Å²) in [4.78, 5) is 11.6. The molecule has 0 spiro atoms. The minimum absolute atomic E-state index is 0.549. The Balaban J connectivity index is 3.63. The van der Waals surface area contributed by atoms with Crippen LogP contribution in [-0.2, 0) is 4.79 Å². The van der Waals surface area contributed by atoms with Crippen LogP contribution in [-0.4, -0.2) is 40.4 Å². The maximum Gasteiger partial charge on any atom is 0.119 e. The largest absolute Gasteiger partial charge is 0.379 e. The molecule has 0 aliphatic carbocycles. The van der Waals surface area contributed by atoms with E-state index < -0.39 is 12.5 Å². The van der Waals surface area contributed by atoms with Crippen molar-refractivity contribution in [3.63, 3.8) is 0 Å². The van der Waals surface area contributed by atoms with Gasteiger partial charge in [0.05, 0.1) is 0 Å². The first-order chi connectivity index (χ1) is 6.09. The van der Waals surface area contributed by atoms with Crippen molar-refractivity contribution in [2.45, 2.75) is 45.6 Å². The molecule has 78 valence electrons. The van der Waals surface area contributed by atoms with Crippen LogP contribution in [0.4, 0.5) is 0 Å². The first-order valence-electron chi connectivity index (χ1n) is 4.65. The number of nitrogens with zero attached hydrogens (tertiary/aromatic N) is 1. The van der Waals surface area contributed by atoms with Crippen molar-refractivity contribution in [3.05, 3.63) is 0 Å². The van der Waals surface area contributed by atoms with E-state index in [9.17, 15) is 15.0 Å². The molecule has 4 heteroatoms. The molecular formula is C9H19NO3. The Labute approximate surface area is 79.2 Å². The van der Waals surface area contributed by atoms with Gasteiger partial charge in [0, 0.05) is 13.0 Å². The third-order valence-corrected chi connectivity index (χ3v) is 1.95. The smallest absolute Gasteiger partial charge is 0.119 e. The van der Waals surface area contributed by atoms with Crippen LogP contribution in [0.3, 0.4) is 0 Å². The second-order valence-corrected chi connectivity index (χ2v) is 3.16. The molecule has 13 heavy (non-hydrogen) atoms. The minimum atomic E-state index is -0.642. The van der Waals surface area contributed by atoms with Crippen molar-refractivity contribution in [2.75, 3.05) is 6.54 Å². The molecule has 2 N–H and O–H groups in total. The Hall–Kier alpha value is -0.450. The molecule has 0 bridgehead atoms. The number of hydrogen-bond acceptors (Lipinski definition) is 4. The van der Waals surface area contributed by atoms with E-state index >= 15 is 0 Å². The molecule has 2 unspecified atom stereocenters. The Morgan fingerprint density at radius 2 is 1.77 bits per heavy atom. The normalized spacial score (nSPS) is 15.8. The highest BCUT2D eigenvalue weighted by molar-refractivity contribution is 5.48. The summed E-state index contributed by atoms with van der Waals surface area (Å²) in [5, 5.41) is 18.5. The SMILES string of the molecule is CC(O)N(CCCCC=O)C(C)O. The fourth-order valence-corrected chi connectivity index (χ4v) is 1.21. The molecule has 0 radical (unpaired) electrons. The number of unbranched alkanes of at least 4 members (excludes halogenated alkanes) is 2. The number of rotatable bonds is 7. The number of aldehydes is 1. The van der Waals surface area contributed by atoms with Gasteiger partial charge >= 0.3 is 0 Å². The summed E-state index contributed by atoms with van der Waals surface area (Å²) in [6, 6.07) is 0. The standard InChI is InChI=1S/C9H19NO3/c1-8(12)10(9(2)13)6-4-3-5-7-11/h7-9,12-13H,3-6H2,1-2H3. The zero-order chi connectivity index (χ0) is 10.3. The molecule has 0 saturated carbocycles. The summed E-state index contributed by atoms with van der Waals surface area (Å²) in [7, 11) is 0. The van der Waals surface area contributed by atoms with Crippen LogP contribution in [0.15, 0.2) is 0 Å². The van der Waals surface area contributed by atoms with E-state index in [1.165, 1.54) is 0 Å². The molecule has 0 aromatic heterocycles. The molecule has 0 aliphatic rings. The molecule has 0 aliphatic heterocycles. The fraction of sp³-hybridized carbons (Fsp3) is 0.889. The van der Waals surface area contributed by atoms with Gasteiger partial charge in [0.1, 0.15) is 18.7 Å². The van der Waals surface area contributed by atoms with Gasteiger partial charge < -0.3 is 15.0 Å². The molecule has 0 heterocycles. The first kappa shape index (κ1) is 12.6. The van der Waals surface area contributed by atoms with Gasteiger partial charge in [0.25, 0.3) is 0 Å². The Kier molecular flexibility index (Phi) is 6.76. The number of aliphatic hydroxyl groups excluding tert-OH is 2. The average Bonchev–Trinajstić information content (AvgIpc) is 2.02. The van der Waals surface area contributed by atoms with Gasteiger partial charge in [0.15, 0.2) is 0 Å². The van der Waals surface area contributed by atoms with E-state index in [1.807, 2.05) is 0 Å². The lowest BCUT2D eigenvalue weighted by Gasteiger charge is -2.27. The minimum Gasteiger partial charge on any atom is -0.379 e. The third-order valence-electron chi connectivity index (χ3n) is 1.95. The number of hydrogen-bond donors (Lipinski definition) is 2. The van der Waals surface area contributed by atoms with E-state index in [1.54, 1.807) is 18.7 Å². The van der Waals surface area contributed by atoms with Crippen molar-refractivity contribution in [3.8, 4) is 0 Å². The molecule has 4 nitrogen and oxygen atoms in total. The third kappa shape index (κ3) is 5.74. The van der Waals surface area contributed by atoms with Gasteiger partial charge in [-0.2, -0.15) is 0 Å². The van der Waals surface area contributed by atoms with Crippen LogP contribution in [0.2, 0.25) is 0 Å². The molecule has 0 amide bonds. The highest BCUT2D eigenvalue weighted by Gasteiger charge is 2.14. The van der Waals surface area contributed by atoms with Crippen molar-refractivity contribution in [2.24, 2.45) is 0 Å². The summed E-state index contributed by atoms with van der Waals surface area (Å²) in [5.74, 6) is 0. The fourth-order valence-electron chi connectivity index (χ4n) is 1.21. The van der Waals surface area contributed by atoms with Gasteiger partial charge in [-0.1, -0.05) is 0 Å². The van der Waals surface area contributed by atoms with Crippen LogP contribution in [0.5, 0.6) is 0 Å². The van der Waals surface area contributed by atoms with E-state index in [4.69, 9.17) is 0 Å². The molecule has 0 saturated heterocycles. The van der Waals surface area contributed by atoms with Crippen LogP contribution in [0, 0.1) is 0 Å². The Morgan fingerprint density at radius 3 is 2.15 bits per heavy atom.